The Hall–Kier alpha value is -3.29. The fourth-order valence-electron chi connectivity index (χ4n) is 3.83. The number of phenolic OH excluding ortho intramolecular Hbond substituents is 1. The van der Waals surface area contributed by atoms with Crippen LogP contribution in [-0.4, -0.2) is 41.5 Å². The van der Waals surface area contributed by atoms with Crippen molar-refractivity contribution in [2.45, 2.75) is 22.6 Å². The van der Waals surface area contributed by atoms with Gasteiger partial charge in [0.1, 0.15) is 5.75 Å². The first-order valence-corrected chi connectivity index (χ1v) is 11.8. The highest BCUT2D eigenvalue weighted by Crippen LogP contribution is 2.33. The van der Waals surface area contributed by atoms with Crippen molar-refractivity contribution in [1.29, 1.82) is 0 Å². The molecule has 0 spiro atoms. The third kappa shape index (κ3) is 6.37. The molecule has 1 heterocycles. The first-order valence-electron chi connectivity index (χ1n) is 11.0. The largest absolute Gasteiger partial charge is 0.506 e. The molecule has 0 aliphatic carbocycles. The number of amides is 2. The standard InChI is InChI=1S/C26H27N3O3S/c30-23-12-6-4-10-21(23)28-26(32)19-14-16-29(17-15-19)18-25(31)27-22-11-5-7-13-24(22)33-20-8-2-1-3-9-20/h1-13,19,30H,14-18H2,(H,27,31)(H,28,32). The Balaban J connectivity index is 1.27. The number of carbonyl (C=O) groups excluding carboxylic acids is 2. The van der Waals surface area contributed by atoms with Gasteiger partial charge in [0.25, 0.3) is 0 Å². The quantitative estimate of drug-likeness (QED) is 0.439. The van der Waals surface area contributed by atoms with E-state index in [-0.39, 0.29) is 30.0 Å². The van der Waals surface area contributed by atoms with E-state index >= 15 is 0 Å². The molecule has 4 rings (SSSR count). The van der Waals surface area contributed by atoms with Crippen LogP contribution in [0.25, 0.3) is 0 Å². The van der Waals surface area contributed by atoms with Gasteiger partial charge in [0.15, 0.2) is 0 Å². The van der Waals surface area contributed by atoms with Crippen molar-refractivity contribution in [2.24, 2.45) is 5.92 Å². The van der Waals surface area contributed by atoms with E-state index in [4.69, 9.17) is 0 Å². The zero-order chi connectivity index (χ0) is 23.0. The van der Waals surface area contributed by atoms with E-state index < -0.39 is 0 Å². The van der Waals surface area contributed by atoms with E-state index in [9.17, 15) is 14.7 Å². The average Bonchev–Trinajstić information content (AvgIpc) is 2.83. The number of piperidine rings is 1. The van der Waals surface area contributed by atoms with E-state index in [1.165, 1.54) is 0 Å². The van der Waals surface area contributed by atoms with E-state index in [2.05, 4.69) is 15.5 Å². The summed E-state index contributed by atoms with van der Waals surface area (Å²) in [6.07, 6.45) is 1.35. The molecule has 2 amide bonds. The van der Waals surface area contributed by atoms with Crippen molar-refractivity contribution in [3.8, 4) is 5.75 Å². The summed E-state index contributed by atoms with van der Waals surface area (Å²) in [5.74, 6) is -0.224. The first-order chi connectivity index (χ1) is 16.1. The molecule has 6 nitrogen and oxygen atoms in total. The second-order valence-electron chi connectivity index (χ2n) is 8.02. The van der Waals surface area contributed by atoms with Crippen LogP contribution in [0.1, 0.15) is 12.8 Å². The summed E-state index contributed by atoms with van der Waals surface area (Å²) in [4.78, 5) is 29.5. The lowest BCUT2D eigenvalue weighted by atomic mass is 9.95. The number of phenols is 1. The summed E-state index contributed by atoms with van der Waals surface area (Å²) in [6.45, 7) is 1.64. The number of aromatic hydroxyl groups is 1. The molecule has 0 saturated carbocycles. The number of nitrogens with one attached hydrogen (secondary N) is 2. The van der Waals surface area contributed by atoms with Gasteiger partial charge in [-0.05, 0) is 62.3 Å². The van der Waals surface area contributed by atoms with Gasteiger partial charge in [-0.25, -0.2) is 0 Å². The van der Waals surface area contributed by atoms with Crippen LogP contribution in [0.2, 0.25) is 0 Å². The van der Waals surface area contributed by atoms with E-state index in [1.54, 1.807) is 36.0 Å². The molecule has 7 heteroatoms. The fraction of sp³-hybridized carbons (Fsp3) is 0.231. The maximum absolute atomic E-state index is 12.7. The highest BCUT2D eigenvalue weighted by Gasteiger charge is 2.26. The van der Waals surface area contributed by atoms with Crippen molar-refractivity contribution >= 4 is 35.0 Å². The van der Waals surface area contributed by atoms with Gasteiger partial charge in [0, 0.05) is 15.7 Å². The third-order valence-electron chi connectivity index (χ3n) is 5.62. The Morgan fingerprint density at radius 3 is 2.21 bits per heavy atom. The van der Waals surface area contributed by atoms with Gasteiger partial charge in [0.05, 0.1) is 17.9 Å². The van der Waals surface area contributed by atoms with Crippen LogP contribution in [0.4, 0.5) is 11.4 Å². The summed E-state index contributed by atoms with van der Waals surface area (Å²) < 4.78 is 0. The smallest absolute Gasteiger partial charge is 0.238 e. The summed E-state index contributed by atoms with van der Waals surface area (Å²) in [5.41, 5.74) is 1.23. The molecule has 1 aliphatic rings. The SMILES string of the molecule is O=C(CN1CCC(C(=O)Nc2ccccc2O)CC1)Nc1ccccc1Sc1ccccc1. The normalized spacial score (nSPS) is 14.5. The van der Waals surface area contributed by atoms with E-state index in [0.29, 0.717) is 31.6 Å². The lowest BCUT2D eigenvalue weighted by Crippen LogP contribution is -2.41. The molecule has 0 bridgehead atoms. The number of nitrogens with zero attached hydrogens (tertiary/aromatic N) is 1. The second-order valence-corrected chi connectivity index (χ2v) is 9.13. The van der Waals surface area contributed by atoms with Crippen molar-refractivity contribution in [2.75, 3.05) is 30.3 Å². The maximum atomic E-state index is 12.7. The summed E-state index contributed by atoms with van der Waals surface area (Å²) >= 11 is 1.62. The third-order valence-corrected chi connectivity index (χ3v) is 6.70. The molecule has 1 fully saturated rings. The van der Waals surface area contributed by atoms with E-state index in [1.807, 2.05) is 54.6 Å². The minimum absolute atomic E-state index is 0.0608. The van der Waals surface area contributed by atoms with Crippen molar-refractivity contribution < 1.29 is 14.7 Å². The predicted molar refractivity (Wildman–Crippen MR) is 132 cm³/mol. The fourth-order valence-corrected chi connectivity index (χ4v) is 4.76. The lowest BCUT2D eigenvalue weighted by Gasteiger charge is -2.30. The molecular weight excluding hydrogens is 434 g/mol. The summed E-state index contributed by atoms with van der Waals surface area (Å²) in [7, 11) is 0. The Kier molecular flexibility index (Phi) is 7.65. The van der Waals surface area contributed by atoms with Crippen LogP contribution in [0.15, 0.2) is 88.7 Å². The van der Waals surface area contributed by atoms with Gasteiger partial charge >= 0.3 is 0 Å². The molecule has 3 aromatic rings. The minimum Gasteiger partial charge on any atom is -0.506 e. The molecule has 170 valence electrons. The number of anilines is 2. The Morgan fingerprint density at radius 2 is 1.48 bits per heavy atom. The highest BCUT2D eigenvalue weighted by molar-refractivity contribution is 7.99. The van der Waals surface area contributed by atoms with E-state index in [0.717, 1.165) is 15.5 Å². The number of para-hydroxylation sites is 3. The monoisotopic (exact) mass is 461 g/mol. The summed E-state index contributed by atoms with van der Waals surface area (Å²) in [5, 5.41) is 15.7. The number of likely N-dealkylation sites (tertiary alicyclic amines) is 1. The van der Waals surface area contributed by atoms with Crippen LogP contribution in [-0.2, 0) is 9.59 Å². The number of hydrogen-bond acceptors (Lipinski definition) is 5. The van der Waals surface area contributed by atoms with Gasteiger partial charge < -0.3 is 15.7 Å². The van der Waals surface area contributed by atoms with Crippen molar-refractivity contribution in [1.82, 2.24) is 4.90 Å². The van der Waals surface area contributed by atoms with Gasteiger partial charge in [-0.3, -0.25) is 14.5 Å². The molecule has 0 radical (unpaired) electrons. The van der Waals surface area contributed by atoms with Gasteiger partial charge in [-0.1, -0.05) is 54.2 Å². The minimum atomic E-state index is -0.132. The number of benzene rings is 3. The highest BCUT2D eigenvalue weighted by atomic mass is 32.2. The number of rotatable bonds is 7. The lowest BCUT2D eigenvalue weighted by molar-refractivity contribution is -0.121. The molecule has 0 aromatic heterocycles. The second kappa shape index (κ2) is 11.0. The molecule has 3 aromatic carbocycles. The molecular formula is C26H27N3O3S. The Bertz CT molecular complexity index is 1100. The van der Waals surface area contributed by atoms with Crippen LogP contribution in [0, 0.1) is 5.92 Å². The van der Waals surface area contributed by atoms with Crippen LogP contribution in [0.3, 0.4) is 0 Å². The van der Waals surface area contributed by atoms with Gasteiger partial charge in [-0.15, -0.1) is 0 Å². The topological polar surface area (TPSA) is 81.7 Å². The van der Waals surface area contributed by atoms with Gasteiger partial charge in [0.2, 0.25) is 11.8 Å². The molecule has 1 saturated heterocycles. The number of hydrogen-bond donors (Lipinski definition) is 3. The Morgan fingerprint density at radius 1 is 0.848 bits per heavy atom. The van der Waals surface area contributed by atoms with Gasteiger partial charge in [-0.2, -0.15) is 0 Å². The molecule has 0 unspecified atom stereocenters. The molecule has 3 N–H and O–H groups in total. The van der Waals surface area contributed by atoms with Crippen molar-refractivity contribution in [3.63, 3.8) is 0 Å². The number of carbonyl (C=O) groups is 2. The molecule has 1 aliphatic heterocycles. The van der Waals surface area contributed by atoms with Crippen LogP contribution in [0.5, 0.6) is 5.75 Å². The molecule has 33 heavy (non-hydrogen) atoms. The zero-order valence-corrected chi connectivity index (χ0v) is 19.1. The van der Waals surface area contributed by atoms with Crippen LogP contribution < -0.4 is 10.6 Å². The van der Waals surface area contributed by atoms with Crippen molar-refractivity contribution in [3.05, 3.63) is 78.9 Å². The summed E-state index contributed by atoms with van der Waals surface area (Å²) in [6, 6.07) is 24.6. The Labute approximate surface area is 198 Å². The molecule has 0 atom stereocenters. The first kappa shape index (κ1) is 22.9. The average molecular weight is 462 g/mol. The van der Waals surface area contributed by atoms with Crippen LogP contribution >= 0.6 is 11.8 Å². The predicted octanol–water partition coefficient (Wildman–Crippen LogP) is 4.83. The zero-order valence-electron chi connectivity index (χ0n) is 18.2. The maximum Gasteiger partial charge on any atom is 0.238 e.